The minimum absolute atomic E-state index is 0.0990. The molecular formula is C23H18BrN3O3. The molecule has 1 aromatic heterocycles. The van der Waals surface area contributed by atoms with Crippen molar-refractivity contribution in [2.45, 2.75) is 13.0 Å². The Kier molecular flexibility index (Phi) is 5.63. The summed E-state index contributed by atoms with van der Waals surface area (Å²) in [6.07, 6.45) is 0.271. The number of hydrogen-bond donors (Lipinski definition) is 2. The molecule has 0 saturated carbocycles. The maximum Gasteiger partial charge on any atom is 0.335 e. The van der Waals surface area contributed by atoms with Gasteiger partial charge in [0.05, 0.1) is 16.6 Å². The van der Waals surface area contributed by atoms with Gasteiger partial charge in [-0.1, -0.05) is 46.3 Å². The minimum Gasteiger partial charge on any atom is -0.478 e. The highest BCUT2D eigenvalue weighted by atomic mass is 79.9. The zero-order valence-electron chi connectivity index (χ0n) is 15.9. The van der Waals surface area contributed by atoms with Crippen molar-refractivity contribution in [1.82, 2.24) is 9.55 Å². The van der Waals surface area contributed by atoms with Crippen LogP contribution in [0.5, 0.6) is 0 Å². The molecule has 0 aliphatic rings. The predicted molar refractivity (Wildman–Crippen MR) is 120 cm³/mol. The van der Waals surface area contributed by atoms with Crippen LogP contribution in [0.4, 0.5) is 5.69 Å². The number of carboxylic acids is 1. The van der Waals surface area contributed by atoms with E-state index in [0.717, 1.165) is 26.8 Å². The molecule has 4 rings (SSSR count). The Hall–Kier alpha value is -3.45. The first-order valence-corrected chi connectivity index (χ1v) is 10.1. The number of carbonyl (C=O) groups is 2. The van der Waals surface area contributed by atoms with Gasteiger partial charge in [-0.2, -0.15) is 0 Å². The molecule has 0 fully saturated rings. The van der Waals surface area contributed by atoms with E-state index >= 15 is 0 Å². The van der Waals surface area contributed by atoms with Crippen LogP contribution in [0.25, 0.3) is 22.4 Å². The lowest BCUT2D eigenvalue weighted by atomic mass is 10.1. The molecular weight excluding hydrogens is 446 g/mol. The van der Waals surface area contributed by atoms with Gasteiger partial charge in [-0.15, -0.1) is 0 Å². The first kappa shape index (κ1) is 19.8. The van der Waals surface area contributed by atoms with Gasteiger partial charge in [-0.05, 0) is 42.5 Å². The van der Waals surface area contributed by atoms with Crippen LogP contribution in [0.2, 0.25) is 0 Å². The zero-order valence-corrected chi connectivity index (χ0v) is 17.5. The van der Waals surface area contributed by atoms with Gasteiger partial charge in [-0.3, -0.25) is 4.79 Å². The highest BCUT2D eigenvalue weighted by Crippen LogP contribution is 2.26. The van der Waals surface area contributed by atoms with E-state index in [-0.39, 0.29) is 17.9 Å². The lowest BCUT2D eigenvalue weighted by molar-refractivity contribution is -0.116. The summed E-state index contributed by atoms with van der Waals surface area (Å²) in [6, 6.07) is 21.8. The van der Waals surface area contributed by atoms with E-state index < -0.39 is 5.97 Å². The monoisotopic (exact) mass is 463 g/mol. The maximum atomic E-state index is 12.5. The molecule has 0 radical (unpaired) electrons. The van der Waals surface area contributed by atoms with Gasteiger partial charge in [0.15, 0.2) is 0 Å². The zero-order chi connectivity index (χ0) is 21.1. The molecule has 2 N–H and O–H groups in total. The van der Waals surface area contributed by atoms with Crippen molar-refractivity contribution >= 4 is 44.5 Å². The van der Waals surface area contributed by atoms with E-state index in [4.69, 9.17) is 10.1 Å². The van der Waals surface area contributed by atoms with E-state index in [9.17, 15) is 9.59 Å². The standard InChI is InChI=1S/C23H18BrN3O3/c24-17-4-3-5-18(14-17)25-21(28)12-13-27-20-7-2-1-6-19(20)26-22(27)15-8-10-16(11-9-15)23(29)30/h1-11,14H,12-13H2,(H,25,28)(H,29,30). The van der Waals surface area contributed by atoms with Crippen molar-refractivity contribution < 1.29 is 14.7 Å². The Morgan fingerprint density at radius 3 is 2.50 bits per heavy atom. The molecule has 0 unspecified atom stereocenters. The molecule has 0 aliphatic carbocycles. The van der Waals surface area contributed by atoms with Crippen molar-refractivity contribution in [2.24, 2.45) is 0 Å². The van der Waals surface area contributed by atoms with Crippen molar-refractivity contribution in [3.05, 3.63) is 82.8 Å². The molecule has 7 heteroatoms. The normalized spacial score (nSPS) is 10.8. The summed E-state index contributed by atoms with van der Waals surface area (Å²) >= 11 is 3.40. The van der Waals surface area contributed by atoms with Crippen molar-refractivity contribution in [2.75, 3.05) is 5.32 Å². The molecule has 30 heavy (non-hydrogen) atoms. The number of fused-ring (bicyclic) bond motifs is 1. The van der Waals surface area contributed by atoms with Crippen LogP contribution in [0, 0.1) is 0 Å². The summed E-state index contributed by atoms with van der Waals surface area (Å²) in [5.74, 6) is -0.374. The third kappa shape index (κ3) is 4.26. The van der Waals surface area contributed by atoms with Gasteiger partial charge in [-0.25, -0.2) is 9.78 Å². The van der Waals surface area contributed by atoms with Crippen LogP contribution in [0.1, 0.15) is 16.8 Å². The fourth-order valence-corrected chi connectivity index (χ4v) is 3.69. The van der Waals surface area contributed by atoms with Gasteiger partial charge < -0.3 is 15.0 Å². The fourth-order valence-electron chi connectivity index (χ4n) is 3.29. The number of para-hydroxylation sites is 2. The molecule has 6 nitrogen and oxygen atoms in total. The van der Waals surface area contributed by atoms with E-state index in [1.807, 2.05) is 53.1 Å². The lowest BCUT2D eigenvalue weighted by Crippen LogP contribution is -2.15. The van der Waals surface area contributed by atoms with Crippen LogP contribution >= 0.6 is 15.9 Å². The maximum absolute atomic E-state index is 12.5. The molecule has 150 valence electrons. The Balaban J connectivity index is 1.60. The number of imidazole rings is 1. The molecule has 0 spiro atoms. The molecule has 3 aromatic carbocycles. The molecule has 1 heterocycles. The number of carbonyl (C=O) groups excluding carboxylic acids is 1. The number of aromatic carboxylic acids is 1. The number of hydrogen-bond acceptors (Lipinski definition) is 3. The molecule has 4 aromatic rings. The predicted octanol–water partition coefficient (Wildman–Crippen LogP) is 5.19. The number of amides is 1. The number of benzene rings is 3. The molecule has 0 atom stereocenters. The Bertz CT molecular complexity index is 1230. The largest absolute Gasteiger partial charge is 0.478 e. The Morgan fingerprint density at radius 1 is 1.00 bits per heavy atom. The number of aryl methyl sites for hydroxylation is 1. The number of carboxylic acid groups (broad SMARTS) is 1. The van der Waals surface area contributed by atoms with Gasteiger partial charge in [0.25, 0.3) is 0 Å². The van der Waals surface area contributed by atoms with Gasteiger partial charge in [0.1, 0.15) is 5.82 Å². The summed E-state index contributed by atoms with van der Waals surface area (Å²) in [5.41, 5.74) is 3.49. The number of anilines is 1. The lowest BCUT2D eigenvalue weighted by Gasteiger charge is -2.10. The molecule has 0 saturated heterocycles. The van der Waals surface area contributed by atoms with Crippen LogP contribution in [-0.4, -0.2) is 26.5 Å². The first-order valence-electron chi connectivity index (χ1n) is 9.36. The smallest absolute Gasteiger partial charge is 0.335 e. The number of aromatic nitrogens is 2. The third-order valence-electron chi connectivity index (χ3n) is 4.72. The average Bonchev–Trinajstić information content (AvgIpc) is 3.11. The Labute approximate surface area is 181 Å². The number of nitrogens with zero attached hydrogens (tertiary/aromatic N) is 2. The second-order valence-corrected chi connectivity index (χ2v) is 7.68. The van der Waals surface area contributed by atoms with Crippen LogP contribution in [-0.2, 0) is 11.3 Å². The summed E-state index contributed by atoms with van der Waals surface area (Å²) in [7, 11) is 0. The summed E-state index contributed by atoms with van der Waals surface area (Å²) in [5, 5.41) is 12.0. The summed E-state index contributed by atoms with van der Waals surface area (Å²) in [4.78, 5) is 28.3. The Morgan fingerprint density at radius 2 is 1.77 bits per heavy atom. The SMILES string of the molecule is O=C(CCn1c(-c2ccc(C(=O)O)cc2)nc2ccccc21)Nc1cccc(Br)c1. The molecule has 1 amide bonds. The molecule has 0 aliphatic heterocycles. The average molecular weight is 464 g/mol. The number of halogens is 1. The van der Waals surface area contributed by atoms with E-state index in [1.165, 1.54) is 0 Å². The summed E-state index contributed by atoms with van der Waals surface area (Å²) < 4.78 is 2.89. The topological polar surface area (TPSA) is 84.2 Å². The van der Waals surface area contributed by atoms with E-state index in [2.05, 4.69) is 21.2 Å². The minimum atomic E-state index is -0.973. The highest BCUT2D eigenvalue weighted by Gasteiger charge is 2.14. The van der Waals surface area contributed by atoms with Crippen LogP contribution < -0.4 is 5.32 Å². The second-order valence-electron chi connectivity index (χ2n) is 6.77. The van der Waals surface area contributed by atoms with Gasteiger partial charge >= 0.3 is 5.97 Å². The number of rotatable bonds is 6. The van der Waals surface area contributed by atoms with E-state index in [1.54, 1.807) is 24.3 Å². The summed E-state index contributed by atoms with van der Waals surface area (Å²) in [6.45, 7) is 0.441. The van der Waals surface area contributed by atoms with Crippen molar-refractivity contribution in [3.8, 4) is 11.4 Å². The first-order chi connectivity index (χ1) is 14.5. The highest BCUT2D eigenvalue weighted by molar-refractivity contribution is 9.10. The van der Waals surface area contributed by atoms with Crippen LogP contribution in [0.15, 0.2) is 77.3 Å². The van der Waals surface area contributed by atoms with Gasteiger partial charge in [0, 0.05) is 28.7 Å². The van der Waals surface area contributed by atoms with Crippen LogP contribution in [0.3, 0.4) is 0 Å². The quantitative estimate of drug-likeness (QED) is 0.411. The molecule has 0 bridgehead atoms. The third-order valence-corrected chi connectivity index (χ3v) is 5.21. The number of nitrogens with one attached hydrogen (secondary N) is 1. The van der Waals surface area contributed by atoms with Crippen molar-refractivity contribution in [3.63, 3.8) is 0 Å². The van der Waals surface area contributed by atoms with Crippen molar-refractivity contribution in [1.29, 1.82) is 0 Å². The van der Waals surface area contributed by atoms with E-state index in [0.29, 0.717) is 12.4 Å². The fraction of sp³-hybridized carbons (Fsp3) is 0.0870. The van der Waals surface area contributed by atoms with Gasteiger partial charge in [0.2, 0.25) is 5.91 Å². The second kappa shape index (κ2) is 8.51.